The van der Waals surface area contributed by atoms with Crippen LogP contribution in [0.3, 0.4) is 0 Å². The molecular weight excluding hydrogens is 240 g/mol. The van der Waals surface area contributed by atoms with Gasteiger partial charge in [-0.1, -0.05) is 11.6 Å². The Labute approximate surface area is 104 Å². The number of carboxylic acid groups (broad SMARTS) is 1. The molecule has 1 saturated carbocycles. The summed E-state index contributed by atoms with van der Waals surface area (Å²) in [4.78, 5) is 11.1. The number of nitrogens with one attached hydrogen (secondary N) is 1. The van der Waals surface area contributed by atoms with E-state index in [9.17, 15) is 4.79 Å². The molecule has 0 aromatic heterocycles. The number of halogens is 1. The van der Waals surface area contributed by atoms with Crippen molar-refractivity contribution in [2.24, 2.45) is 5.92 Å². The summed E-state index contributed by atoms with van der Waals surface area (Å²) >= 11 is 5.77. The third-order valence-corrected chi connectivity index (χ3v) is 3.01. The summed E-state index contributed by atoms with van der Waals surface area (Å²) < 4.78 is 0. The van der Waals surface area contributed by atoms with Crippen LogP contribution in [0.1, 0.15) is 18.4 Å². The van der Waals surface area contributed by atoms with Crippen LogP contribution in [0.25, 0.3) is 0 Å². The standard InChI is InChI=1S/C12H11ClN2O2/c13-9-3-4-10(8(5-9)6-14)15-11(12(16)17)7-1-2-7/h3-5,7,11,15H,1-2H2,(H,16,17). The summed E-state index contributed by atoms with van der Waals surface area (Å²) in [5.41, 5.74) is 0.889. The molecule has 0 amide bonds. The third-order valence-electron chi connectivity index (χ3n) is 2.77. The van der Waals surface area contributed by atoms with Crippen molar-refractivity contribution in [3.63, 3.8) is 0 Å². The lowest BCUT2D eigenvalue weighted by atomic mass is 10.1. The quantitative estimate of drug-likeness (QED) is 0.861. The second kappa shape index (κ2) is 4.64. The molecule has 0 saturated heterocycles. The van der Waals surface area contributed by atoms with Crippen LogP contribution in [-0.4, -0.2) is 17.1 Å². The number of hydrogen-bond acceptors (Lipinski definition) is 3. The van der Waals surface area contributed by atoms with Crippen molar-refractivity contribution in [1.29, 1.82) is 5.26 Å². The number of carbonyl (C=O) groups is 1. The fraction of sp³-hybridized carbons (Fsp3) is 0.333. The van der Waals surface area contributed by atoms with Crippen LogP contribution in [0.4, 0.5) is 5.69 Å². The molecule has 0 radical (unpaired) electrons. The zero-order valence-electron chi connectivity index (χ0n) is 8.98. The summed E-state index contributed by atoms with van der Waals surface area (Å²) in [7, 11) is 0. The van der Waals surface area contributed by atoms with Gasteiger partial charge in [-0.2, -0.15) is 5.26 Å². The van der Waals surface area contributed by atoms with E-state index in [1.165, 1.54) is 6.07 Å². The fourth-order valence-corrected chi connectivity index (χ4v) is 1.89. The first-order chi connectivity index (χ1) is 8.11. The Morgan fingerprint density at radius 1 is 1.59 bits per heavy atom. The molecule has 1 unspecified atom stereocenters. The first-order valence-corrected chi connectivity index (χ1v) is 5.68. The summed E-state index contributed by atoms with van der Waals surface area (Å²) in [5.74, 6) is -0.721. The van der Waals surface area contributed by atoms with E-state index in [1.54, 1.807) is 12.1 Å². The molecule has 2 N–H and O–H groups in total. The Hall–Kier alpha value is -1.73. The molecule has 1 atom stereocenters. The highest BCUT2D eigenvalue weighted by atomic mass is 35.5. The lowest BCUT2D eigenvalue weighted by Crippen LogP contribution is -2.31. The molecule has 0 heterocycles. The topological polar surface area (TPSA) is 73.1 Å². The zero-order valence-corrected chi connectivity index (χ0v) is 9.74. The summed E-state index contributed by atoms with van der Waals surface area (Å²) in [5, 5.41) is 21.4. The molecule has 17 heavy (non-hydrogen) atoms. The van der Waals surface area contributed by atoms with Gasteiger partial charge < -0.3 is 10.4 Å². The van der Waals surface area contributed by atoms with Crippen LogP contribution in [-0.2, 0) is 4.79 Å². The molecule has 1 aliphatic rings. The lowest BCUT2D eigenvalue weighted by Gasteiger charge is -2.15. The molecule has 2 rings (SSSR count). The minimum atomic E-state index is -0.883. The van der Waals surface area contributed by atoms with Crippen molar-refractivity contribution >= 4 is 23.3 Å². The number of nitrogens with zero attached hydrogens (tertiary/aromatic N) is 1. The van der Waals surface area contributed by atoms with Gasteiger partial charge in [-0.25, -0.2) is 4.79 Å². The molecular formula is C12H11ClN2O2. The Bertz CT molecular complexity index is 492. The maximum Gasteiger partial charge on any atom is 0.326 e. The average Bonchev–Trinajstić information content (AvgIpc) is 3.10. The zero-order chi connectivity index (χ0) is 12.4. The number of rotatable bonds is 4. The SMILES string of the molecule is N#Cc1cc(Cl)ccc1NC(C(=O)O)C1CC1. The predicted molar refractivity (Wildman–Crippen MR) is 63.9 cm³/mol. The Balaban J connectivity index is 2.22. The second-order valence-corrected chi connectivity index (χ2v) is 4.54. The average molecular weight is 251 g/mol. The van der Waals surface area contributed by atoms with Gasteiger partial charge in [-0.3, -0.25) is 0 Å². The minimum absolute atomic E-state index is 0.162. The van der Waals surface area contributed by atoms with Crippen LogP contribution >= 0.6 is 11.6 Å². The largest absolute Gasteiger partial charge is 0.480 e. The monoisotopic (exact) mass is 250 g/mol. The first-order valence-electron chi connectivity index (χ1n) is 5.31. The minimum Gasteiger partial charge on any atom is -0.480 e. The van der Waals surface area contributed by atoms with Crippen LogP contribution in [0.5, 0.6) is 0 Å². The summed E-state index contributed by atoms with van der Waals surface area (Å²) in [6.45, 7) is 0. The molecule has 0 bridgehead atoms. The van der Waals surface area contributed by atoms with E-state index in [-0.39, 0.29) is 5.92 Å². The highest BCUT2D eigenvalue weighted by Crippen LogP contribution is 2.35. The summed E-state index contributed by atoms with van der Waals surface area (Å²) in [6, 6.07) is 6.18. The molecule has 1 fully saturated rings. The smallest absolute Gasteiger partial charge is 0.326 e. The van der Waals surface area contributed by atoms with Crippen molar-refractivity contribution < 1.29 is 9.90 Å². The Morgan fingerprint density at radius 3 is 2.82 bits per heavy atom. The second-order valence-electron chi connectivity index (χ2n) is 4.10. The Morgan fingerprint density at radius 2 is 2.29 bits per heavy atom. The molecule has 4 nitrogen and oxygen atoms in total. The van der Waals surface area contributed by atoms with Crippen molar-refractivity contribution in [1.82, 2.24) is 0 Å². The van der Waals surface area contributed by atoms with Gasteiger partial charge in [0.05, 0.1) is 11.3 Å². The molecule has 88 valence electrons. The van der Waals surface area contributed by atoms with Crippen molar-refractivity contribution in [2.45, 2.75) is 18.9 Å². The number of anilines is 1. The molecule has 1 aliphatic carbocycles. The van der Waals surface area contributed by atoms with Crippen LogP contribution < -0.4 is 5.32 Å². The van der Waals surface area contributed by atoms with E-state index < -0.39 is 12.0 Å². The maximum atomic E-state index is 11.1. The predicted octanol–water partition coefficient (Wildman–Crippen LogP) is 2.49. The van der Waals surface area contributed by atoms with E-state index in [0.29, 0.717) is 16.3 Å². The molecule has 5 heteroatoms. The van der Waals surface area contributed by atoms with Gasteiger partial charge in [0.15, 0.2) is 0 Å². The number of benzene rings is 1. The van der Waals surface area contributed by atoms with E-state index in [1.807, 2.05) is 6.07 Å². The highest BCUT2D eigenvalue weighted by molar-refractivity contribution is 6.30. The summed E-state index contributed by atoms with van der Waals surface area (Å²) in [6.07, 6.45) is 1.83. The van der Waals surface area contributed by atoms with Crippen molar-refractivity contribution in [3.05, 3.63) is 28.8 Å². The molecule has 1 aromatic carbocycles. The van der Waals surface area contributed by atoms with Crippen molar-refractivity contribution in [3.8, 4) is 6.07 Å². The van der Waals surface area contributed by atoms with Crippen LogP contribution in [0, 0.1) is 17.2 Å². The van der Waals surface area contributed by atoms with Gasteiger partial charge >= 0.3 is 5.97 Å². The number of aliphatic carboxylic acids is 1. The molecule has 0 spiro atoms. The van der Waals surface area contributed by atoms with E-state index >= 15 is 0 Å². The molecule has 1 aromatic rings. The van der Waals surface area contributed by atoms with E-state index in [0.717, 1.165) is 12.8 Å². The van der Waals surface area contributed by atoms with Gasteiger partial charge in [0.25, 0.3) is 0 Å². The van der Waals surface area contributed by atoms with Crippen LogP contribution in [0.15, 0.2) is 18.2 Å². The lowest BCUT2D eigenvalue weighted by molar-refractivity contribution is -0.138. The van der Waals surface area contributed by atoms with Crippen molar-refractivity contribution in [2.75, 3.05) is 5.32 Å². The van der Waals surface area contributed by atoms with Gasteiger partial charge in [0.1, 0.15) is 12.1 Å². The maximum absolute atomic E-state index is 11.1. The number of carboxylic acids is 1. The van der Waals surface area contributed by atoms with E-state index in [2.05, 4.69) is 5.32 Å². The van der Waals surface area contributed by atoms with Gasteiger partial charge in [-0.05, 0) is 37.0 Å². The third kappa shape index (κ3) is 2.69. The first kappa shape index (κ1) is 11.7. The van der Waals surface area contributed by atoms with E-state index in [4.69, 9.17) is 22.0 Å². The van der Waals surface area contributed by atoms with Gasteiger partial charge in [0, 0.05) is 5.02 Å². The Kier molecular flexibility index (Phi) is 3.21. The van der Waals surface area contributed by atoms with Crippen LogP contribution in [0.2, 0.25) is 5.02 Å². The van der Waals surface area contributed by atoms with Gasteiger partial charge in [0.2, 0.25) is 0 Å². The fourth-order valence-electron chi connectivity index (χ4n) is 1.71. The number of nitriles is 1. The highest BCUT2D eigenvalue weighted by Gasteiger charge is 2.36. The number of hydrogen-bond donors (Lipinski definition) is 2. The van der Waals surface area contributed by atoms with Gasteiger partial charge in [-0.15, -0.1) is 0 Å². The molecule has 0 aliphatic heterocycles. The normalized spacial score (nSPS) is 16.0.